The fourth-order valence-corrected chi connectivity index (χ4v) is 1.33. The molecule has 0 aliphatic heterocycles. The molecule has 1 aromatic heterocycles. The van der Waals surface area contributed by atoms with E-state index in [-0.39, 0.29) is 6.10 Å². The molecule has 1 aromatic rings. The van der Waals surface area contributed by atoms with E-state index in [2.05, 4.69) is 15.6 Å². The van der Waals surface area contributed by atoms with Crippen LogP contribution >= 0.6 is 0 Å². The Morgan fingerprint density at radius 2 is 2.24 bits per heavy atom. The fourth-order valence-electron chi connectivity index (χ4n) is 1.33. The van der Waals surface area contributed by atoms with Gasteiger partial charge in [0.15, 0.2) is 0 Å². The maximum absolute atomic E-state index is 9.05. The van der Waals surface area contributed by atoms with Crippen molar-refractivity contribution < 1.29 is 9.84 Å². The van der Waals surface area contributed by atoms with E-state index in [0.29, 0.717) is 19.0 Å². The predicted octanol–water partition coefficient (Wildman–Crippen LogP) is 0.863. The highest BCUT2D eigenvalue weighted by Gasteiger charge is 1.97. The maximum atomic E-state index is 9.05. The molecule has 0 spiro atoms. The molecule has 96 valence electrons. The number of aliphatic hydroxyl groups excluding tert-OH is 1. The predicted molar refractivity (Wildman–Crippen MR) is 68.4 cm³/mol. The summed E-state index contributed by atoms with van der Waals surface area (Å²) in [6.07, 6.45) is -0.311. The quantitative estimate of drug-likeness (QED) is 0.587. The number of anilines is 1. The van der Waals surface area contributed by atoms with Gasteiger partial charge in [0.05, 0.1) is 12.7 Å². The fraction of sp³-hybridized carbons (Fsp3) is 0.583. The Morgan fingerprint density at radius 1 is 1.41 bits per heavy atom. The zero-order valence-corrected chi connectivity index (χ0v) is 10.4. The second-order valence-corrected chi connectivity index (χ2v) is 3.77. The van der Waals surface area contributed by atoms with Gasteiger partial charge in [0.2, 0.25) is 5.88 Å². The Labute approximate surface area is 102 Å². The molecule has 1 heterocycles. The molecule has 0 radical (unpaired) electrons. The van der Waals surface area contributed by atoms with E-state index in [1.807, 2.05) is 25.1 Å². The van der Waals surface area contributed by atoms with Gasteiger partial charge in [-0.1, -0.05) is 6.07 Å². The zero-order chi connectivity index (χ0) is 12.5. The summed E-state index contributed by atoms with van der Waals surface area (Å²) < 4.78 is 5.31. The van der Waals surface area contributed by atoms with Gasteiger partial charge in [-0.15, -0.1) is 0 Å². The Kier molecular flexibility index (Phi) is 6.35. The van der Waals surface area contributed by atoms with Crippen LogP contribution in [0.4, 0.5) is 5.82 Å². The van der Waals surface area contributed by atoms with E-state index >= 15 is 0 Å². The average molecular weight is 239 g/mol. The van der Waals surface area contributed by atoms with Gasteiger partial charge in [-0.05, 0) is 19.9 Å². The van der Waals surface area contributed by atoms with Gasteiger partial charge in [-0.2, -0.15) is 4.98 Å². The van der Waals surface area contributed by atoms with Gasteiger partial charge >= 0.3 is 0 Å². The van der Waals surface area contributed by atoms with Crippen LogP contribution in [-0.2, 0) is 0 Å². The smallest absolute Gasteiger partial charge is 0.215 e. The standard InChI is InChI=1S/C12H21N3O2/c1-3-17-12-6-4-5-11(15-12)14-8-7-13-9-10(2)16/h4-6,10,13,16H,3,7-9H2,1-2H3,(H,14,15). The van der Waals surface area contributed by atoms with Crippen molar-refractivity contribution in [2.75, 3.05) is 31.6 Å². The highest BCUT2D eigenvalue weighted by atomic mass is 16.5. The van der Waals surface area contributed by atoms with Gasteiger partial charge in [-0.3, -0.25) is 0 Å². The SMILES string of the molecule is CCOc1cccc(NCCNCC(C)O)n1. The summed E-state index contributed by atoms with van der Waals surface area (Å²) in [5.74, 6) is 1.43. The Hall–Kier alpha value is -1.33. The zero-order valence-electron chi connectivity index (χ0n) is 10.4. The van der Waals surface area contributed by atoms with Crippen molar-refractivity contribution >= 4 is 5.82 Å². The largest absolute Gasteiger partial charge is 0.478 e. The summed E-state index contributed by atoms with van der Waals surface area (Å²) in [7, 11) is 0. The summed E-state index contributed by atoms with van der Waals surface area (Å²) in [5.41, 5.74) is 0. The van der Waals surface area contributed by atoms with E-state index in [4.69, 9.17) is 9.84 Å². The number of nitrogens with one attached hydrogen (secondary N) is 2. The van der Waals surface area contributed by atoms with Crippen LogP contribution < -0.4 is 15.4 Å². The van der Waals surface area contributed by atoms with Gasteiger partial charge in [0.25, 0.3) is 0 Å². The lowest BCUT2D eigenvalue weighted by Gasteiger charge is -2.09. The number of pyridine rings is 1. The van der Waals surface area contributed by atoms with Crippen molar-refractivity contribution in [2.24, 2.45) is 0 Å². The van der Waals surface area contributed by atoms with Crippen molar-refractivity contribution in [2.45, 2.75) is 20.0 Å². The molecule has 0 amide bonds. The molecule has 0 aromatic carbocycles. The number of ether oxygens (including phenoxy) is 1. The molecular weight excluding hydrogens is 218 g/mol. The van der Waals surface area contributed by atoms with Crippen LogP contribution in [0.25, 0.3) is 0 Å². The van der Waals surface area contributed by atoms with Crippen LogP contribution in [0, 0.1) is 0 Å². The van der Waals surface area contributed by atoms with Crippen molar-refractivity contribution in [1.82, 2.24) is 10.3 Å². The van der Waals surface area contributed by atoms with E-state index in [1.165, 1.54) is 0 Å². The third-order valence-electron chi connectivity index (χ3n) is 2.06. The van der Waals surface area contributed by atoms with E-state index in [9.17, 15) is 0 Å². The van der Waals surface area contributed by atoms with Crippen molar-refractivity contribution in [3.05, 3.63) is 18.2 Å². The molecule has 3 N–H and O–H groups in total. The number of aromatic nitrogens is 1. The molecule has 5 nitrogen and oxygen atoms in total. The molecule has 0 bridgehead atoms. The number of nitrogens with zero attached hydrogens (tertiary/aromatic N) is 1. The van der Waals surface area contributed by atoms with E-state index < -0.39 is 0 Å². The monoisotopic (exact) mass is 239 g/mol. The summed E-state index contributed by atoms with van der Waals surface area (Å²) in [6.45, 7) is 6.45. The number of rotatable bonds is 8. The first-order chi connectivity index (χ1) is 8.22. The van der Waals surface area contributed by atoms with Crippen LogP contribution in [0.3, 0.4) is 0 Å². The topological polar surface area (TPSA) is 66.4 Å². The third-order valence-corrected chi connectivity index (χ3v) is 2.06. The Balaban J connectivity index is 2.24. The molecule has 0 saturated heterocycles. The first-order valence-electron chi connectivity index (χ1n) is 5.95. The van der Waals surface area contributed by atoms with Gasteiger partial charge in [-0.25, -0.2) is 0 Å². The second-order valence-electron chi connectivity index (χ2n) is 3.77. The van der Waals surface area contributed by atoms with Crippen molar-refractivity contribution in [3.8, 4) is 5.88 Å². The lowest BCUT2D eigenvalue weighted by Crippen LogP contribution is -2.29. The third kappa shape index (κ3) is 6.09. The van der Waals surface area contributed by atoms with Crippen LogP contribution in [0.5, 0.6) is 5.88 Å². The first kappa shape index (κ1) is 13.7. The van der Waals surface area contributed by atoms with E-state index in [0.717, 1.165) is 18.9 Å². The molecule has 5 heteroatoms. The summed E-state index contributed by atoms with van der Waals surface area (Å²) in [5, 5.41) is 15.4. The minimum atomic E-state index is -0.311. The molecular formula is C12H21N3O2. The maximum Gasteiger partial charge on any atom is 0.215 e. The Morgan fingerprint density at radius 3 is 2.94 bits per heavy atom. The molecule has 0 aliphatic carbocycles. The summed E-state index contributed by atoms with van der Waals surface area (Å²) >= 11 is 0. The van der Waals surface area contributed by atoms with Gasteiger partial charge < -0.3 is 20.5 Å². The Bertz CT molecular complexity index is 318. The van der Waals surface area contributed by atoms with Gasteiger partial charge in [0.1, 0.15) is 5.82 Å². The molecule has 0 aliphatic rings. The molecule has 1 rings (SSSR count). The molecule has 0 fully saturated rings. The van der Waals surface area contributed by atoms with E-state index in [1.54, 1.807) is 6.92 Å². The van der Waals surface area contributed by atoms with Crippen LogP contribution in [0.1, 0.15) is 13.8 Å². The minimum absolute atomic E-state index is 0.311. The minimum Gasteiger partial charge on any atom is -0.478 e. The lowest BCUT2D eigenvalue weighted by atomic mass is 10.4. The number of aliphatic hydroxyl groups is 1. The van der Waals surface area contributed by atoms with Crippen molar-refractivity contribution in [3.63, 3.8) is 0 Å². The highest BCUT2D eigenvalue weighted by molar-refractivity contribution is 5.36. The number of hydrogen-bond acceptors (Lipinski definition) is 5. The van der Waals surface area contributed by atoms with Crippen LogP contribution in [0.2, 0.25) is 0 Å². The van der Waals surface area contributed by atoms with Gasteiger partial charge in [0, 0.05) is 25.7 Å². The molecule has 0 saturated carbocycles. The normalized spacial score (nSPS) is 12.2. The highest BCUT2D eigenvalue weighted by Crippen LogP contribution is 2.10. The molecule has 1 atom stereocenters. The molecule has 17 heavy (non-hydrogen) atoms. The second kappa shape index (κ2) is 7.86. The summed E-state index contributed by atoms with van der Waals surface area (Å²) in [4.78, 5) is 4.28. The number of hydrogen-bond donors (Lipinski definition) is 3. The lowest BCUT2D eigenvalue weighted by molar-refractivity contribution is 0.192. The average Bonchev–Trinajstić information content (AvgIpc) is 2.29. The molecule has 1 unspecified atom stereocenters. The summed E-state index contributed by atoms with van der Waals surface area (Å²) in [6, 6.07) is 5.64. The van der Waals surface area contributed by atoms with Crippen LogP contribution in [-0.4, -0.2) is 42.4 Å². The van der Waals surface area contributed by atoms with Crippen LogP contribution in [0.15, 0.2) is 18.2 Å². The van der Waals surface area contributed by atoms with Crippen molar-refractivity contribution in [1.29, 1.82) is 0 Å². The first-order valence-corrected chi connectivity index (χ1v) is 5.95.